The number of para-hydroxylation sites is 3. The highest BCUT2D eigenvalue weighted by molar-refractivity contribution is 7.26. The summed E-state index contributed by atoms with van der Waals surface area (Å²) in [5, 5.41) is 7.82. The van der Waals surface area contributed by atoms with E-state index >= 15 is 0 Å². The molecule has 0 N–H and O–H groups in total. The fourth-order valence-electron chi connectivity index (χ4n) is 7.05. The van der Waals surface area contributed by atoms with Crippen LogP contribution in [0.3, 0.4) is 0 Å². The molecule has 1 aliphatic rings. The molecule has 0 atom stereocenters. The largest absolute Gasteiger partial charge is 0.309 e. The fourth-order valence-corrected chi connectivity index (χ4v) is 8.31. The molecule has 0 fully saturated rings. The van der Waals surface area contributed by atoms with Gasteiger partial charge in [0.25, 0.3) is 0 Å². The summed E-state index contributed by atoms with van der Waals surface area (Å²) in [5.74, 6) is 0. The van der Waals surface area contributed by atoms with Gasteiger partial charge in [0.15, 0.2) is 0 Å². The maximum Gasteiger partial charge on any atom is 0.249 e. The average molecular weight is 567 g/mol. The molecule has 0 radical (unpaired) electrons. The summed E-state index contributed by atoms with van der Waals surface area (Å²) in [7, 11) is 0. The van der Waals surface area contributed by atoms with Crippen LogP contribution in [0.4, 0.5) is 0 Å². The molecule has 0 aliphatic carbocycles. The van der Waals surface area contributed by atoms with Crippen LogP contribution >= 0.6 is 11.3 Å². The van der Waals surface area contributed by atoms with Crippen LogP contribution in [0.25, 0.3) is 69.5 Å². The number of fused-ring (bicyclic) bond motifs is 10. The van der Waals surface area contributed by atoms with E-state index in [0.29, 0.717) is 0 Å². The Balaban J connectivity index is 1.25. The van der Waals surface area contributed by atoms with E-state index in [4.69, 9.17) is 0 Å². The van der Waals surface area contributed by atoms with Crippen molar-refractivity contribution in [3.63, 3.8) is 0 Å². The lowest BCUT2D eigenvalue weighted by Crippen LogP contribution is -2.28. The quantitative estimate of drug-likeness (QED) is 0.189. The number of rotatable bonds is 3. The van der Waals surface area contributed by atoms with Crippen molar-refractivity contribution in [3.05, 3.63) is 151 Å². The molecule has 9 aromatic rings. The fraction of sp³-hybridized carbons (Fsp3) is 0. The van der Waals surface area contributed by atoms with Crippen LogP contribution in [0.1, 0.15) is 5.56 Å². The van der Waals surface area contributed by atoms with Crippen molar-refractivity contribution in [3.8, 4) is 5.69 Å². The molecule has 4 heterocycles. The molecular formula is C39H24N3S+. The van der Waals surface area contributed by atoms with E-state index < -0.39 is 0 Å². The number of aromatic nitrogens is 2. The molecule has 43 heavy (non-hydrogen) atoms. The molecule has 1 aliphatic heterocycles. The van der Waals surface area contributed by atoms with Gasteiger partial charge in [0.1, 0.15) is 11.0 Å². The molecule has 10 rings (SSSR count). The normalized spacial score (nSPS) is 13.4. The summed E-state index contributed by atoms with van der Waals surface area (Å²) in [4.78, 5) is 0. The third kappa shape index (κ3) is 3.10. The maximum absolute atomic E-state index is 2.39. The molecule has 0 bridgehead atoms. The third-order valence-corrected chi connectivity index (χ3v) is 10.2. The van der Waals surface area contributed by atoms with Crippen molar-refractivity contribution >= 4 is 80.8 Å². The van der Waals surface area contributed by atoms with Gasteiger partial charge in [-0.05, 0) is 48.5 Å². The van der Waals surface area contributed by atoms with Gasteiger partial charge in [0.2, 0.25) is 11.9 Å². The number of nitrogens with zero attached hydrogens (tertiary/aromatic N) is 3. The molecule has 3 aromatic heterocycles. The van der Waals surface area contributed by atoms with Crippen LogP contribution in [0.15, 0.2) is 146 Å². The van der Waals surface area contributed by atoms with E-state index in [0.717, 1.165) is 0 Å². The lowest BCUT2D eigenvalue weighted by atomic mass is 10.0. The molecule has 4 heteroatoms. The first-order valence-electron chi connectivity index (χ1n) is 14.6. The van der Waals surface area contributed by atoms with Crippen LogP contribution in [0.2, 0.25) is 0 Å². The SMILES string of the molecule is C1=C[N+](n2c3ccccc3c3c4sc5ccccc5c4ccc32)=C1c1ccc2c3ccccc3n(-c3ccccc3)c2c1. The van der Waals surface area contributed by atoms with Crippen molar-refractivity contribution in [2.45, 2.75) is 0 Å². The predicted octanol–water partition coefficient (Wildman–Crippen LogP) is 10.1. The van der Waals surface area contributed by atoms with Gasteiger partial charge in [0.05, 0.1) is 22.7 Å². The molecule has 0 amide bonds. The van der Waals surface area contributed by atoms with Crippen LogP contribution < -0.4 is 0 Å². The molecule has 6 aromatic carbocycles. The first kappa shape index (κ1) is 23.1. The van der Waals surface area contributed by atoms with Gasteiger partial charge in [-0.2, -0.15) is 0 Å². The van der Waals surface area contributed by atoms with Crippen molar-refractivity contribution in [2.75, 3.05) is 0 Å². The number of thiophene rings is 1. The number of benzene rings is 6. The van der Waals surface area contributed by atoms with Gasteiger partial charge in [-0.1, -0.05) is 89.6 Å². The van der Waals surface area contributed by atoms with E-state index in [2.05, 4.69) is 160 Å². The van der Waals surface area contributed by atoms with Crippen molar-refractivity contribution in [2.24, 2.45) is 0 Å². The molecular weight excluding hydrogens is 543 g/mol. The molecule has 0 spiro atoms. The van der Waals surface area contributed by atoms with Gasteiger partial charge in [-0.15, -0.1) is 16.0 Å². The molecule has 0 saturated carbocycles. The van der Waals surface area contributed by atoms with E-state index in [9.17, 15) is 0 Å². The van der Waals surface area contributed by atoms with E-state index in [1.807, 2.05) is 11.3 Å². The van der Waals surface area contributed by atoms with Gasteiger partial charge in [-0.25, -0.2) is 0 Å². The summed E-state index contributed by atoms with van der Waals surface area (Å²) in [6.45, 7) is 0. The zero-order valence-electron chi connectivity index (χ0n) is 23.1. The van der Waals surface area contributed by atoms with Crippen LogP contribution in [-0.4, -0.2) is 19.6 Å². The summed E-state index contributed by atoms with van der Waals surface area (Å²) in [6.07, 6.45) is 4.42. The first-order valence-corrected chi connectivity index (χ1v) is 15.4. The standard InChI is InChI=1S/C39H24N3S/c1-2-10-26(11-3-1)41-33-15-7-4-12-27(33)28-19-18-25(24-36(28)41)32-22-23-40(32)42-34-16-8-5-14-31(34)38-35(42)21-20-30-29-13-6-9-17-37(29)43-39(30)38/h1-24H/q+1. The van der Waals surface area contributed by atoms with E-state index in [1.54, 1.807) is 0 Å². The second-order valence-corrected chi connectivity index (χ2v) is 12.3. The third-order valence-electron chi connectivity index (χ3n) is 8.97. The van der Waals surface area contributed by atoms with Crippen LogP contribution in [0, 0.1) is 0 Å². The van der Waals surface area contributed by atoms with Crippen molar-refractivity contribution in [1.29, 1.82) is 0 Å². The summed E-state index contributed by atoms with van der Waals surface area (Å²) < 4.78 is 9.79. The highest BCUT2D eigenvalue weighted by atomic mass is 32.1. The van der Waals surface area contributed by atoms with Crippen molar-refractivity contribution in [1.82, 2.24) is 9.24 Å². The Morgan fingerprint density at radius 1 is 0.512 bits per heavy atom. The minimum atomic E-state index is 1.17. The highest BCUT2D eigenvalue weighted by Gasteiger charge is 2.29. The Morgan fingerprint density at radius 2 is 1.21 bits per heavy atom. The monoisotopic (exact) mass is 566 g/mol. The Labute approximate surface area is 251 Å². The van der Waals surface area contributed by atoms with Gasteiger partial charge in [0, 0.05) is 47.4 Å². The summed E-state index contributed by atoms with van der Waals surface area (Å²) in [6, 6.07) is 48.5. The van der Waals surface area contributed by atoms with Crippen LogP contribution in [-0.2, 0) is 0 Å². The predicted molar refractivity (Wildman–Crippen MR) is 182 cm³/mol. The highest BCUT2D eigenvalue weighted by Crippen LogP contribution is 2.42. The van der Waals surface area contributed by atoms with Gasteiger partial charge in [-0.3, -0.25) is 0 Å². The number of allylic oxidation sites excluding steroid dienone is 1. The summed E-state index contributed by atoms with van der Waals surface area (Å²) in [5.41, 5.74) is 8.43. The lowest BCUT2D eigenvalue weighted by Gasteiger charge is -2.13. The van der Waals surface area contributed by atoms with Gasteiger partial charge < -0.3 is 4.57 Å². The average Bonchev–Trinajstić information content (AvgIpc) is 3.69. The Hall–Kier alpha value is -5.45. The minimum absolute atomic E-state index is 1.17. The molecule has 0 unspecified atom stereocenters. The first-order chi connectivity index (χ1) is 21.3. The second-order valence-electron chi connectivity index (χ2n) is 11.2. The molecule has 0 saturated heterocycles. The van der Waals surface area contributed by atoms with E-state index in [1.165, 1.54) is 80.7 Å². The maximum atomic E-state index is 2.39. The second kappa shape index (κ2) is 8.54. The molecule has 3 nitrogen and oxygen atoms in total. The Kier molecular flexibility index (Phi) is 4.60. The smallest absolute Gasteiger partial charge is 0.249 e. The molecule has 200 valence electrons. The minimum Gasteiger partial charge on any atom is -0.309 e. The number of hydrogen-bond donors (Lipinski definition) is 0. The van der Waals surface area contributed by atoms with Crippen molar-refractivity contribution < 1.29 is 4.68 Å². The topological polar surface area (TPSA) is 12.9 Å². The zero-order chi connectivity index (χ0) is 28.1. The van der Waals surface area contributed by atoms with Crippen LogP contribution in [0.5, 0.6) is 0 Å². The Morgan fingerprint density at radius 3 is 2.05 bits per heavy atom. The lowest BCUT2D eigenvalue weighted by molar-refractivity contribution is -0.519. The summed E-state index contributed by atoms with van der Waals surface area (Å²) >= 11 is 1.90. The Bertz CT molecular complexity index is 2660. The number of hydrogen-bond acceptors (Lipinski definition) is 1. The van der Waals surface area contributed by atoms with E-state index in [-0.39, 0.29) is 0 Å². The van der Waals surface area contributed by atoms with Gasteiger partial charge >= 0.3 is 0 Å². The zero-order valence-corrected chi connectivity index (χ0v) is 23.9.